The summed E-state index contributed by atoms with van der Waals surface area (Å²) in [6.45, 7) is 3.20. The lowest BCUT2D eigenvalue weighted by Gasteiger charge is -2.27. The van der Waals surface area contributed by atoms with E-state index in [0.29, 0.717) is 12.4 Å². The molecule has 1 aliphatic rings. The minimum atomic E-state index is -0.0111. The fourth-order valence-corrected chi connectivity index (χ4v) is 4.96. The van der Waals surface area contributed by atoms with Crippen molar-refractivity contribution in [1.29, 1.82) is 0 Å². The Morgan fingerprint density at radius 1 is 0.853 bits per heavy atom. The van der Waals surface area contributed by atoms with Crippen LogP contribution in [-0.4, -0.2) is 26.0 Å². The van der Waals surface area contributed by atoms with Crippen LogP contribution in [0.3, 0.4) is 0 Å². The molecule has 1 aliphatic heterocycles. The molecule has 1 N–H and O–H groups in total. The van der Waals surface area contributed by atoms with Gasteiger partial charge >= 0.3 is 0 Å². The third-order valence-corrected chi connectivity index (χ3v) is 6.66. The van der Waals surface area contributed by atoms with Gasteiger partial charge in [0.1, 0.15) is 5.82 Å². The van der Waals surface area contributed by atoms with Crippen LogP contribution in [0.4, 0.5) is 0 Å². The molecule has 6 rings (SSSR count). The summed E-state index contributed by atoms with van der Waals surface area (Å²) in [5, 5.41) is 1.29. The molecule has 0 radical (unpaired) electrons. The van der Waals surface area contributed by atoms with Gasteiger partial charge in [-0.1, -0.05) is 78.9 Å². The number of rotatable bonds is 5. The first kappa shape index (κ1) is 20.6. The summed E-state index contributed by atoms with van der Waals surface area (Å²) in [4.78, 5) is 23.0. The largest absolute Gasteiger partial charge is 0.343 e. The van der Waals surface area contributed by atoms with E-state index in [2.05, 4.69) is 75.2 Å². The molecule has 34 heavy (non-hydrogen) atoms. The Morgan fingerprint density at radius 2 is 1.59 bits per heavy atom. The zero-order chi connectivity index (χ0) is 22.9. The highest BCUT2D eigenvalue weighted by molar-refractivity contribution is 5.84. The molecule has 0 spiro atoms. The first-order valence-electron chi connectivity index (χ1n) is 11.7. The van der Waals surface area contributed by atoms with E-state index in [4.69, 9.17) is 4.98 Å². The van der Waals surface area contributed by atoms with Crippen LogP contribution in [0.25, 0.3) is 22.3 Å². The number of nitrogens with zero attached hydrogens (tertiary/aromatic N) is 3. The molecule has 0 bridgehead atoms. The molecule has 0 fully saturated rings. The average molecular weight is 447 g/mol. The molecule has 2 aromatic heterocycles. The lowest BCUT2D eigenvalue weighted by atomic mass is 10.0. The Hall–Kier alpha value is -3.96. The minimum absolute atomic E-state index is 0.0111. The maximum absolute atomic E-state index is 12.8. The van der Waals surface area contributed by atoms with E-state index in [1.807, 2.05) is 30.3 Å². The molecular weight excluding hydrogens is 420 g/mol. The predicted octanol–water partition coefficient (Wildman–Crippen LogP) is 5.00. The van der Waals surface area contributed by atoms with Gasteiger partial charge in [-0.05, 0) is 23.6 Å². The van der Waals surface area contributed by atoms with E-state index < -0.39 is 0 Å². The number of aromatic amines is 1. The summed E-state index contributed by atoms with van der Waals surface area (Å²) in [6.07, 6.45) is 3.00. The number of fused-ring (bicyclic) bond motifs is 2. The third kappa shape index (κ3) is 3.95. The van der Waals surface area contributed by atoms with Gasteiger partial charge in [0.25, 0.3) is 5.56 Å². The highest BCUT2D eigenvalue weighted by Gasteiger charge is 2.22. The molecule has 5 nitrogen and oxygen atoms in total. The molecule has 5 heteroatoms. The Morgan fingerprint density at radius 3 is 2.41 bits per heavy atom. The predicted molar refractivity (Wildman–Crippen MR) is 136 cm³/mol. The van der Waals surface area contributed by atoms with Crippen LogP contribution in [0, 0.1) is 0 Å². The van der Waals surface area contributed by atoms with Gasteiger partial charge in [0.15, 0.2) is 0 Å². The molecule has 0 unspecified atom stereocenters. The highest BCUT2D eigenvalue weighted by atomic mass is 16.1. The molecule has 0 aliphatic carbocycles. The highest BCUT2D eigenvalue weighted by Crippen LogP contribution is 2.26. The molecule has 3 aromatic carbocycles. The maximum atomic E-state index is 12.8. The van der Waals surface area contributed by atoms with E-state index >= 15 is 0 Å². The van der Waals surface area contributed by atoms with Crippen molar-refractivity contribution in [1.82, 2.24) is 19.4 Å². The van der Waals surface area contributed by atoms with Crippen molar-refractivity contribution in [2.75, 3.05) is 6.54 Å². The van der Waals surface area contributed by atoms with Crippen LogP contribution >= 0.6 is 0 Å². The van der Waals surface area contributed by atoms with Crippen molar-refractivity contribution in [2.24, 2.45) is 0 Å². The molecule has 0 saturated carbocycles. The summed E-state index contributed by atoms with van der Waals surface area (Å²) < 4.78 is 2.34. The van der Waals surface area contributed by atoms with Crippen molar-refractivity contribution in [3.8, 4) is 11.4 Å². The third-order valence-electron chi connectivity index (χ3n) is 6.66. The second kappa shape index (κ2) is 8.76. The SMILES string of the molecule is O=c1[nH]c(-c2ccccc2)nc2c1CCN(Cc1cn(Cc3ccccc3)c3ccccc13)C2. The first-order chi connectivity index (χ1) is 16.7. The molecule has 0 saturated heterocycles. The molecule has 3 heterocycles. The minimum Gasteiger partial charge on any atom is -0.343 e. The van der Waals surface area contributed by atoms with Gasteiger partial charge < -0.3 is 9.55 Å². The van der Waals surface area contributed by atoms with E-state index in [1.165, 1.54) is 22.0 Å². The van der Waals surface area contributed by atoms with Gasteiger partial charge in [-0.3, -0.25) is 9.69 Å². The Balaban J connectivity index is 1.29. The van der Waals surface area contributed by atoms with E-state index in [0.717, 1.165) is 42.9 Å². The van der Waals surface area contributed by atoms with Gasteiger partial charge in [-0.15, -0.1) is 0 Å². The summed E-state index contributed by atoms with van der Waals surface area (Å²) >= 11 is 0. The van der Waals surface area contributed by atoms with Crippen LogP contribution in [0.1, 0.15) is 22.4 Å². The molecule has 0 atom stereocenters. The van der Waals surface area contributed by atoms with E-state index in [-0.39, 0.29) is 5.56 Å². The van der Waals surface area contributed by atoms with Gasteiger partial charge in [0, 0.05) is 54.4 Å². The van der Waals surface area contributed by atoms with Crippen LogP contribution in [0.2, 0.25) is 0 Å². The Kier molecular flexibility index (Phi) is 5.32. The van der Waals surface area contributed by atoms with E-state index in [1.54, 1.807) is 0 Å². The number of nitrogens with one attached hydrogen (secondary N) is 1. The number of hydrogen-bond acceptors (Lipinski definition) is 3. The van der Waals surface area contributed by atoms with Crippen LogP contribution in [-0.2, 0) is 26.1 Å². The standard InChI is InChI=1S/C29H26N4O/c34-29-25-15-16-32(20-26(25)30-28(31-29)22-11-5-2-6-12-22)18-23-19-33(17-21-9-3-1-4-10-21)27-14-8-7-13-24(23)27/h1-14,19H,15-18,20H2,(H,30,31,34). The normalized spacial score (nSPS) is 13.8. The molecule has 0 amide bonds. The van der Waals surface area contributed by atoms with Gasteiger partial charge in [0.2, 0.25) is 0 Å². The zero-order valence-corrected chi connectivity index (χ0v) is 18.9. The van der Waals surface area contributed by atoms with E-state index in [9.17, 15) is 4.79 Å². The van der Waals surface area contributed by atoms with Crippen LogP contribution in [0.5, 0.6) is 0 Å². The molecule has 5 aromatic rings. The van der Waals surface area contributed by atoms with Crippen molar-refractivity contribution < 1.29 is 0 Å². The second-order valence-corrected chi connectivity index (χ2v) is 8.95. The summed E-state index contributed by atoms with van der Waals surface area (Å²) in [7, 11) is 0. The van der Waals surface area contributed by atoms with Gasteiger partial charge in [-0.25, -0.2) is 4.98 Å². The van der Waals surface area contributed by atoms with Crippen LogP contribution < -0.4 is 5.56 Å². The number of H-pyrrole nitrogens is 1. The lowest BCUT2D eigenvalue weighted by Crippen LogP contribution is -2.35. The van der Waals surface area contributed by atoms with Gasteiger partial charge in [0.05, 0.1) is 5.69 Å². The monoisotopic (exact) mass is 446 g/mol. The quantitative estimate of drug-likeness (QED) is 0.413. The number of hydrogen-bond donors (Lipinski definition) is 1. The fraction of sp³-hybridized carbons (Fsp3) is 0.172. The summed E-state index contributed by atoms with van der Waals surface area (Å²) in [5.74, 6) is 0.644. The summed E-state index contributed by atoms with van der Waals surface area (Å²) in [5.41, 5.74) is 6.48. The second-order valence-electron chi connectivity index (χ2n) is 8.95. The van der Waals surface area contributed by atoms with Crippen molar-refractivity contribution in [3.05, 3.63) is 124 Å². The topological polar surface area (TPSA) is 53.9 Å². The fourth-order valence-electron chi connectivity index (χ4n) is 4.96. The van der Waals surface area contributed by atoms with Crippen LogP contribution in [0.15, 0.2) is 95.9 Å². The smallest absolute Gasteiger partial charge is 0.254 e. The average Bonchev–Trinajstić information content (AvgIpc) is 3.22. The number of aromatic nitrogens is 3. The van der Waals surface area contributed by atoms with Crippen molar-refractivity contribution in [3.63, 3.8) is 0 Å². The van der Waals surface area contributed by atoms with Gasteiger partial charge in [-0.2, -0.15) is 0 Å². The first-order valence-corrected chi connectivity index (χ1v) is 11.7. The zero-order valence-electron chi connectivity index (χ0n) is 18.9. The molecule has 168 valence electrons. The Bertz CT molecular complexity index is 1500. The van der Waals surface area contributed by atoms with Crippen molar-refractivity contribution >= 4 is 10.9 Å². The maximum Gasteiger partial charge on any atom is 0.254 e. The lowest BCUT2D eigenvalue weighted by molar-refractivity contribution is 0.241. The molecular formula is C29H26N4O. The number of benzene rings is 3. The van der Waals surface area contributed by atoms with Crippen molar-refractivity contribution in [2.45, 2.75) is 26.1 Å². The Labute approximate surface area is 198 Å². The summed E-state index contributed by atoms with van der Waals surface area (Å²) in [6, 6.07) is 29.0. The number of para-hydroxylation sites is 1.